The summed E-state index contributed by atoms with van der Waals surface area (Å²) in [4.78, 5) is 26.2. The van der Waals surface area contributed by atoms with Crippen molar-refractivity contribution in [1.29, 1.82) is 0 Å². The summed E-state index contributed by atoms with van der Waals surface area (Å²) in [5.41, 5.74) is -0.484. The first kappa shape index (κ1) is 17.6. The van der Waals surface area contributed by atoms with Crippen LogP contribution < -0.4 is 0 Å². The van der Waals surface area contributed by atoms with Crippen LogP contribution in [0.3, 0.4) is 0 Å². The van der Waals surface area contributed by atoms with Crippen LogP contribution in [0.5, 0.6) is 0 Å². The zero-order chi connectivity index (χ0) is 16.0. The lowest BCUT2D eigenvalue weighted by molar-refractivity contribution is -0.163. The number of amides is 1. The van der Waals surface area contributed by atoms with Crippen LogP contribution in [-0.2, 0) is 14.3 Å². The predicted octanol–water partition coefficient (Wildman–Crippen LogP) is 2.76. The van der Waals surface area contributed by atoms with E-state index < -0.39 is 5.60 Å². The molecule has 0 N–H and O–H groups in total. The van der Waals surface area contributed by atoms with Crippen LogP contribution in [0.15, 0.2) is 0 Å². The fraction of sp³-hybridized carbons (Fsp3) is 0.765. The summed E-state index contributed by atoms with van der Waals surface area (Å²) < 4.78 is 5.44. The Balaban J connectivity index is 2.59. The average molecular weight is 293 g/mol. The van der Waals surface area contributed by atoms with Crippen molar-refractivity contribution in [2.24, 2.45) is 5.92 Å². The van der Waals surface area contributed by atoms with Gasteiger partial charge in [0.1, 0.15) is 5.60 Å². The second-order valence-corrected chi connectivity index (χ2v) is 6.76. The topological polar surface area (TPSA) is 46.6 Å². The van der Waals surface area contributed by atoms with Gasteiger partial charge in [-0.2, -0.15) is 0 Å². The summed E-state index contributed by atoms with van der Waals surface area (Å²) in [6.07, 6.45) is 8.60. The van der Waals surface area contributed by atoms with Crippen LogP contribution in [0.2, 0.25) is 0 Å². The minimum Gasteiger partial charge on any atom is -0.460 e. The summed E-state index contributed by atoms with van der Waals surface area (Å²) in [6.45, 7) is 8.08. The van der Waals surface area contributed by atoms with Crippen LogP contribution in [0.1, 0.15) is 59.8 Å². The Kier molecular flexibility index (Phi) is 6.26. The molecule has 4 heteroatoms. The van der Waals surface area contributed by atoms with E-state index >= 15 is 0 Å². The number of carbonyl (C=O) groups is 2. The number of carbonyl (C=O) groups excluding carboxylic acids is 2. The number of esters is 1. The Morgan fingerprint density at radius 2 is 2.00 bits per heavy atom. The van der Waals surface area contributed by atoms with Crippen molar-refractivity contribution in [1.82, 2.24) is 4.90 Å². The van der Waals surface area contributed by atoms with Crippen molar-refractivity contribution in [3.8, 4) is 12.3 Å². The van der Waals surface area contributed by atoms with E-state index in [1.54, 1.807) is 0 Å². The predicted molar refractivity (Wildman–Crippen MR) is 82.4 cm³/mol. The molecule has 1 aliphatic rings. The summed E-state index contributed by atoms with van der Waals surface area (Å²) in [5.74, 6) is 2.22. The highest BCUT2D eigenvalue weighted by atomic mass is 16.6. The van der Waals surface area contributed by atoms with E-state index in [4.69, 9.17) is 11.2 Å². The van der Waals surface area contributed by atoms with Gasteiger partial charge in [-0.25, -0.2) is 0 Å². The third kappa shape index (κ3) is 5.79. The van der Waals surface area contributed by atoms with Gasteiger partial charge in [-0.1, -0.05) is 0 Å². The van der Waals surface area contributed by atoms with Crippen LogP contribution in [0, 0.1) is 18.3 Å². The number of ether oxygens (including phenoxy) is 1. The Labute approximate surface area is 128 Å². The lowest BCUT2D eigenvalue weighted by atomic mass is 9.92. The van der Waals surface area contributed by atoms with E-state index in [1.165, 1.54) is 0 Å². The molecule has 0 saturated carbocycles. The van der Waals surface area contributed by atoms with Crippen LogP contribution >= 0.6 is 0 Å². The molecule has 1 saturated heterocycles. The van der Waals surface area contributed by atoms with Crippen molar-refractivity contribution in [3.05, 3.63) is 0 Å². The molecule has 4 nitrogen and oxygen atoms in total. The molecular weight excluding hydrogens is 266 g/mol. The number of hydrogen-bond acceptors (Lipinski definition) is 3. The van der Waals surface area contributed by atoms with Gasteiger partial charge in [-0.15, -0.1) is 12.3 Å². The minimum absolute atomic E-state index is 0.0889. The molecule has 0 aliphatic carbocycles. The Morgan fingerprint density at radius 3 is 2.57 bits per heavy atom. The lowest BCUT2D eigenvalue weighted by Crippen LogP contribution is -2.48. The van der Waals surface area contributed by atoms with Gasteiger partial charge in [0.05, 0.1) is 5.92 Å². The van der Waals surface area contributed by atoms with Gasteiger partial charge in [0.25, 0.3) is 0 Å². The first-order chi connectivity index (χ1) is 9.74. The normalized spacial score (nSPS) is 22.5. The second kappa shape index (κ2) is 7.49. The van der Waals surface area contributed by atoms with Crippen molar-refractivity contribution in [2.75, 3.05) is 6.54 Å². The lowest BCUT2D eigenvalue weighted by Gasteiger charge is -2.38. The van der Waals surface area contributed by atoms with Gasteiger partial charge < -0.3 is 9.64 Å². The van der Waals surface area contributed by atoms with E-state index in [0.717, 1.165) is 12.8 Å². The largest absolute Gasteiger partial charge is 0.460 e. The van der Waals surface area contributed by atoms with Crippen LogP contribution in [-0.4, -0.2) is 35.0 Å². The first-order valence-corrected chi connectivity index (χ1v) is 7.70. The molecule has 2 atom stereocenters. The Morgan fingerprint density at radius 1 is 1.33 bits per heavy atom. The molecule has 1 fully saturated rings. The van der Waals surface area contributed by atoms with Gasteiger partial charge >= 0.3 is 5.97 Å². The molecule has 21 heavy (non-hydrogen) atoms. The van der Waals surface area contributed by atoms with Gasteiger partial charge in [0.2, 0.25) is 5.91 Å². The van der Waals surface area contributed by atoms with E-state index in [0.29, 0.717) is 25.8 Å². The van der Waals surface area contributed by atoms with Crippen molar-refractivity contribution >= 4 is 11.9 Å². The van der Waals surface area contributed by atoms with Crippen LogP contribution in [0.4, 0.5) is 0 Å². The van der Waals surface area contributed by atoms with Crippen molar-refractivity contribution in [3.63, 3.8) is 0 Å². The highest BCUT2D eigenvalue weighted by Crippen LogP contribution is 2.25. The van der Waals surface area contributed by atoms with Gasteiger partial charge in [0.15, 0.2) is 0 Å². The van der Waals surface area contributed by atoms with Gasteiger partial charge in [-0.05, 0) is 47.0 Å². The molecule has 0 spiro atoms. The third-order valence-electron chi connectivity index (χ3n) is 3.65. The molecule has 0 radical (unpaired) electrons. The minimum atomic E-state index is -0.484. The third-order valence-corrected chi connectivity index (χ3v) is 3.65. The molecule has 0 unspecified atom stereocenters. The van der Waals surface area contributed by atoms with Gasteiger partial charge in [-0.3, -0.25) is 9.59 Å². The highest BCUT2D eigenvalue weighted by molar-refractivity contribution is 5.79. The molecule has 1 amide bonds. The van der Waals surface area contributed by atoms with Gasteiger partial charge in [0, 0.05) is 25.4 Å². The standard InChI is InChI=1S/C17H27NO3/c1-6-7-8-9-15(19)18-12-14(11-10-13(18)2)16(20)21-17(3,4)5/h1,13-14H,7-12H2,2-5H3/t13-,14+/m0/s1. The molecule has 0 bridgehead atoms. The van der Waals surface area contributed by atoms with E-state index in [-0.39, 0.29) is 23.8 Å². The molecular formula is C17H27NO3. The average Bonchev–Trinajstić information content (AvgIpc) is 2.37. The smallest absolute Gasteiger partial charge is 0.311 e. The van der Waals surface area contributed by atoms with E-state index in [2.05, 4.69) is 5.92 Å². The quantitative estimate of drug-likeness (QED) is 0.455. The number of unbranched alkanes of at least 4 members (excludes halogenated alkanes) is 1. The molecule has 0 aromatic carbocycles. The zero-order valence-corrected chi connectivity index (χ0v) is 13.6. The first-order valence-electron chi connectivity index (χ1n) is 7.70. The summed E-state index contributed by atoms with van der Waals surface area (Å²) in [7, 11) is 0. The van der Waals surface area contributed by atoms with E-state index in [1.807, 2.05) is 32.6 Å². The Hall–Kier alpha value is -1.50. The fourth-order valence-electron chi connectivity index (χ4n) is 2.52. The second-order valence-electron chi connectivity index (χ2n) is 6.76. The van der Waals surface area contributed by atoms with E-state index in [9.17, 15) is 9.59 Å². The number of hydrogen-bond donors (Lipinski definition) is 0. The van der Waals surface area contributed by atoms with Crippen LogP contribution in [0.25, 0.3) is 0 Å². The Bertz CT molecular complexity index is 417. The monoisotopic (exact) mass is 293 g/mol. The number of nitrogens with zero attached hydrogens (tertiary/aromatic N) is 1. The van der Waals surface area contributed by atoms with Crippen molar-refractivity contribution < 1.29 is 14.3 Å². The summed E-state index contributed by atoms with van der Waals surface area (Å²) in [5, 5.41) is 0. The fourth-order valence-corrected chi connectivity index (χ4v) is 2.52. The molecule has 118 valence electrons. The maximum absolute atomic E-state index is 12.2. The number of likely N-dealkylation sites (tertiary alicyclic amines) is 1. The SMILES string of the molecule is C#CCCCC(=O)N1C[C@H](C(=O)OC(C)(C)C)CC[C@@H]1C. The molecule has 1 heterocycles. The number of piperidine rings is 1. The summed E-state index contributed by atoms with van der Waals surface area (Å²) in [6, 6.07) is 0.182. The molecule has 0 aromatic rings. The highest BCUT2D eigenvalue weighted by Gasteiger charge is 2.34. The molecule has 1 aliphatic heterocycles. The molecule has 0 aromatic heterocycles. The maximum atomic E-state index is 12.2. The summed E-state index contributed by atoms with van der Waals surface area (Å²) >= 11 is 0. The van der Waals surface area contributed by atoms with Crippen molar-refractivity contribution in [2.45, 2.75) is 71.4 Å². The molecule has 1 rings (SSSR count). The number of terminal acetylenes is 1. The maximum Gasteiger partial charge on any atom is 0.311 e. The number of rotatable bonds is 4. The zero-order valence-electron chi connectivity index (χ0n) is 13.6.